The Labute approximate surface area is 173 Å². The molecule has 1 saturated carbocycles. The first kappa shape index (κ1) is 19.2. The fourth-order valence-electron chi connectivity index (χ4n) is 2.99. The number of ether oxygens (including phenoxy) is 1. The van der Waals surface area contributed by atoms with Crippen molar-refractivity contribution in [2.45, 2.75) is 25.3 Å². The summed E-state index contributed by atoms with van der Waals surface area (Å²) < 4.78 is 5.79. The topological polar surface area (TPSA) is 67.4 Å². The number of anilines is 1. The fraction of sp³-hybridized carbons (Fsp3) is 0.217. The molecule has 1 fully saturated rings. The molecule has 0 unspecified atom stereocenters. The number of carbonyl (C=O) groups is 2. The SMILES string of the molecule is O=C(COc1ccccc1Cc1ccccc1)Nc1sccc1C(=O)NC1CC1. The summed E-state index contributed by atoms with van der Waals surface area (Å²) in [7, 11) is 0. The number of benzene rings is 2. The molecular weight excluding hydrogens is 384 g/mol. The number of hydrogen-bond acceptors (Lipinski definition) is 4. The highest BCUT2D eigenvalue weighted by Crippen LogP contribution is 2.26. The highest BCUT2D eigenvalue weighted by molar-refractivity contribution is 7.14. The predicted molar refractivity (Wildman–Crippen MR) is 115 cm³/mol. The van der Waals surface area contributed by atoms with Gasteiger partial charge in [-0.25, -0.2) is 0 Å². The van der Waals surface area contributed by atoms with Crippen molar-refractivity contribution in [3.05, 3.63) is 82.7 Å². The van der Waals surface area contributed by atoms with E-state index in [1.54, 1.807) is 11.4 Å². The van der Waals surface area contributed by atoms with E-state index in [9.17, 15) is 9.59 Å². The molecular formula is C23H22N2O3S. The third-order valence-corrected chi connectivity index (χ3v) is 5.47. The Balaban J connectivity index is 1.36. The molecule has 3 aromatic rings. The van der Waals surface area contributed by atoms with E-state index in [0.29, 0.717) is 16.3 Å². The summed E-state index contributed by atoms with van der Waals surface area (Å²) in [4.78, 5) is 24.7. The molecule has 1 heterocycles. The Morgan fingerprint density at radius 3 is 2.55 bits per heavy atom. The van der Waals surface area contributed by atoms with Crippen molar-refractivity contribution in [2.75, 3.05) is 11.9 Å². The maximum absolute atomic E-state index is 12.4. The smallest absolute Gasteiger partial charge is 0.262 e. The number of nitrogens with one attached hydrogen (secondary N) is 2. The van der Waals surface area contributed by atoms with Gasteiger partial charge in [-0.1, -0.05) is 48.5 Å². The van der Waals surface area contributed by atoms with E-state index in [4.69, 9.17) is 4.74 Å². The maximum atomic E-state index is 12.4. The molecule has 148 valence electrons. The molecule has 0 bridgehead atoms. The Kier molecular flexibility index (Phi) is 5.91. The lowest BCUT2D eigenvalue weighted by Crippen LogP contribution is -2.27. The molecule has 0 aliphatic heterocycles. The van der Waals surface area contributed by atoms with E-state index >= 15 is 0 Å². The Bertz CT molecular complexity index is 996. The summed E-state index contributed by atoms with van der Waals surface area (Å²) in [5.74, 6) is 0.255. The Hall–Kier alpha value is -3.12. The quantitative estimate of drug-likeness (QED) is 0.588. The lowest BCUT2D eigenvalue weighted by Gasteiger charge is -2.12. The van der Waals surface area contributed by atoms with Crippen LogP contribution in [0.3, 0.4) is 0 Å². The predicted octanol–water partition coefficient (Wildman–Crippen LogP) is 4.25. The zero-order chi connectivity index (χ0) is 20.1. The van der Waals surface area contributed by atoms with Gasteiger partial charge < -0.3 is 15.4 Å². The summed E-state index contributed by atoms with van der Waals surface area (Å²) in [6.45, 7) is -0.118. The van der Waals surface area contributed by atoms with E-state index in [1.165, 1.54) is 16.9 Å². The van der Waals surface area contributed by atoms with Gasteiger partial charge in [0.2, 0.25) is 0 Å². The van der Waals surface area contributed by atoms with Crippen molar-refractivity contribution in [3.63, 3.8) is 0 Å². The van der Waals surface area contributed by atoms with Gasteiger partial charge in [-0.05, 0) is 41.5 Å². The van der Waals surface area contributed by atoms with Crippen molar-refractivity contribution in [1.82, 2.24) is 5.32 Å². The minimum atomic E-state index is -0.289. The number of para-hydroxylation sites is 1. The van der Waals surface area contributed by atoms with Gasteiger partial charge in [0.1, 0.15) is 10.8 Å². The van der Waals surface area contributed by atoms with Crippen LogP contribution in [-0.4, -0.2) is 24.5 Å². The average Bonchev–Trinajstić information content (AvgIpc) is 3.43. The van der Waals surface area contributed by atoms with E-state index in [0.717, 1.165) is 24.8 Å². The highest BCUT2D eigenvalue weighted by Gasteiger charge is 2.25. The molecule has 5 nitrogen and oxygen atoms in total. The van der Waals surface area contributed by atoms with E-state index in [2.05, 4.69) is 22.8 Å². The summed E-state index contributed by atoms with van der Waals surface area (Å²) in [6.07, 6.45) is 2.77. The first-order valence-corrected chi connectivity index (χ1v) is 10.5. The first-order valence-electron chi connectivity index (χ1n) is 9.62. The van der Waals surface area contributed by atoms with Crippen LogP contribution in [-0.2, 0) is 11.2 Å². The molecule has 0 spiro atoms. The lowest BCUT2D eigenvalue weighted by atomic mass is 10.0. The zero-order valence-corrected chi connectivity index (χ0v) is 16.7. The maximum Gasteiger partial charge on any atom is 0.262 e. The number of thiophene rings is 1. The van der Waals surface area contributed by atoms with Crippen LogP contribution in [0.5, 0.6) is 5.75 Å². The average molecular weight is 407 g/mol. The third kappa shape index (κ3) is 5.23. The Morgan fingerprint density at radius 1 is 1.00 bits per heavy atom. The van der Waals surface area contributed by atoms with Crippen molar-refractivity contribution in [3.8, 4) is 5.75 Å². The molecule has 29 heavy (non-hydrogen) atoms. The van der Waals surface area contributed by atoms with Gasteiger partial charge in [0.25, 0.3) is 11.8 Å². The molecule has 6 heteroatoms. The molecule has 2 aromatic carbocycles. The van der Waals surface area contributed by atoms with Gasteiger partial charge in [0.15, 0.2) is 6.61 Å². The van der Waals surface area contributed by atoms with Gasteiger partial charge in [0, 0.05) is 12.5 Å². The number of rotatable bonds is 8. The monoisotopic (exact) mass is 406 g/mol. The molecule has 0 radical (unpaired) electrons. The summed E-state index contributed by atoms with van der Waals surface area (Å²) in [5.41, 5.74) is 2.70. The summed E-state index contributed by atoms with van der Waals surface area (Å²) >= 11 is 1.33. The summed E-state index contributed by atoms with van der Waals surface area (Å²) in [5, 5.41) is 8.09. The lowest BCUT2D eigenvalue weighted by molar-refractivity contribution is -0.118. The molecule has 1 aliphatic rings. The van der Waals surface area contributed by atoms with Crippen molar-refractivity contribution < 1.29 is 14.3 Å². The van der Waals surface area contributed by atoms with Crippen molar-refractivity contribution >= 4 is 28.2 Å². The van der Waals surface area contributed by atoms with Crippen LogP contribution in [0.1, 0.15) is 34.3 Å². The minimum absolute atomic E-state index is 0.118. The van der Waals surface area contributed by atoms with Crippen LogP contribution in [0.15, 0.2) is 66.0 Å². The van der Waals surface area contributed by atoms with Crippen LogP contribution in [0.4, 0.5) is 5.00 Å². The van der Waals surface area contributed by atoms with Gasteiger partial charge in [-0.2, -0.15) is 0 Å². The van der Waals surface area contributed by atoms with Crippen LogP contribution >= 0.6 is 11.3 Å². The van der Waals surface area contributed by atoms with E-state index < -0.39 is 0 Å². The standard InChI is InChI=1S/C23H22N2O3S/c26-21(25-23-19(12-13-29-23)22(27)24-18-10-11-18)15-28-20-9-5-4-8-17(20)14-16-6-2-1-3-7-16/h1-9,12-13,18H,10-11,14-15H2,(H,24,27)(H,25,26). The number of hydrogen-bond donors (Lipinski definition) is 2. The normalized spacial score (nSPS) is 13.0. The largest absolute Gasteiger partial charge is 0.483 e. The van der Waals surface area contributed by atoms with Gasteiger partial charge >= 0.3 is 0 Å². The van der Waals surface area contributed by atoms with Gasteiger partial charge in [0.05, 0.1) is 5.56 Å². The van der Waals surface area contributed by atoms with Crippen LogP contribution in [0.25, 0.3) is 0 Å². The highest BCUT2D eigenvalue weighted by atomic mass is 32.1. The molecule has 1 aliphatic carbocycles. The van der Waals surface area contributed by atoms with Crippen molar-refractivity contribution in [2.24, 2.45) is 0 Å². The molecule has 2 N–H and O–H groups in total. The van der Waals surface area contributed by atoms with Gasteiger partial charge in [-0.15, -0.1) is 11.3 Å². The second-order valence-electron chi connectivity index (χ2n) is 7.02. The van der Waals surface area contributed by atoms with Crippen LogP contribution in [0.2, 0.25) is 0 Å². The van der Waals surface area contributed by atoms with E-state index in [1.807, 2.05) is 42.5 Å². The number of carbonyl (C=O) groups excluding carboxylic acids is 2. The zero-order valence-electron chi connectivity index (χ0n) is 15.9. The summed E-state index contributed by atoms with van der Waals surface area (Å²) in [6, 6.07) is 19.8. The van der Waals surface area contributed by atoms with E-state index in [-0.39, 0.29) is 24.5 Å². The van der Waals surface area contributed by atoms with Crippen molar-refractivity contribution in [1.29, 1.82) is 0 Å². The number of amides is 2. The molecule has 1 aromatic heterocycles. The molecule has 0 atom stereocenters. The molecule has 4 rings (SSSR count). The second kappa shape index (κ2) is 8.92. The molecule has 2 amide bonds. The Morgan fingerprint density at radius 2 is 1.76 bits per heavy atom. The van der Waals surface area contributed by atoms with Crippen LogP contribution < -0.4 is 15.4 Å². The minimum Gasteiger partial charge on any atom is -0.483 e. The third-order valence-electron chi connectivity index (χ3n) is 4.64. The van der Waals surface area contributed by atoms with Crippen LogP contribution in [0, 0.1) is 0 Å². The molecule has 0 saturated heterocycles. The fourth-order valence-corrected chi connectivity index (χ4v) is 3.79. The first-order chi connectivity index (χ1) is 14.2. The van der Waals surface area contributed by atoms with Gasteiger partial charge in [-0.3, -0.25) is 9.59 Å². The second-order valence-corrected chi connectivity index (χ2v) is 7.93.